The van der Waals surface area contributed by atoms with Gasteiger partial charge in [0.25, 0.3) is 5.56 Å². The number of hydrogen-bond acceptors (Lipinski definition) is 4. The Kier molecular flexibility index (Phi) is 4.08. The summed E-state index contributed by atoms with van der Waals surface area (Å²) < 4.78 is 1.64. The van der Waals surface area contributed by atoms with E-state index in [0.29, 0.717) is 17.6 Å². The van der Waals surface area contributed by atoms with E-state index in [0.717, 1.165) is 16.8 Å². The molecule has 2 aromatic carbocycles. The summed E-state index contributed by atoms with van der Waals surface area (Å²) in [7, 11) is 0. The summed E-state index contributed by atoms with van der Waals surface area (Å²) in [5.74, 6) is 0.0000693. The van der Waals surface area contributed by atoms with Crippen molar-refractivity contribution in [2.45, 2.75) is 26.3 Å². The minimum atomic E-state index is -0.277. The van der Waals surface area contributed by atoms with Gasteiger partial charge in [0.15, 0.2) is 5.52 Å². The lowest BCUT2D eigenvalue weighted by Crippen LogP contribution is -2.16. The highest BCUT2D eigenvalue weighted by molar-refractivity contribution is 5.76. The highest BCUT2D eigenvalue weighted by Crippen LogP contribution is 2.25. The molecule has 4 aromatic rings. The first kappa shape index (κ1) is 16.2. The average molecular weight is 345 g/mol. The molecule has 1 atom stereocenters. The van der Waals surface area contributed by atoms with Crippen molar-refractivity contribution in [2.24, 2.45) is 0 Å². The van der Waals surface area contributed by atoms with Crippen LogP contribution in [0.25, 0.3) is 11.0 Å². The van der Waals surface area contributed by atoms with Gasteiger partial charge in [-0.15, -0.1) is 5.10 Å². The molecule has 0 bridgehead atoms. The molecule has 6 nitrogen and oxygen atoms in total. The summed E-state index contributed by atoms with van der Waals surface area (Å²) in [4.78, 5) is 12.4. The molecule has 0 saturated carbocycles. The van der Waals surface area contributed by atoms with Crippen molar-refractivity contribution >= 4 is 11.0 Å². The normalized spacial score (nSPS) is 12.4. The second kappa shape index (κ2) is 6.55. The van der Waals surface area contributed by atoms with Crippen molar-refractivity contribution in [2.75, 3.05) is 0 Å². The third kappa shape index (κ3) is 2.90. The topological polar surface area (TPSA) is 76.5 Å². The monoisotopic (exact) mass is 345 g/mol. The molecule has 2 aromatic heterocycles. The maximum Gasteiger partial charge on any atom is 0.292 e. The second-order valence-electron chi connectivity index (χ2n) is 6.50. The van der Waals surface area contributed by atoms with E-state index in [1.807, 2.05) is 61.5 Å². The van der Waals surface area contributed by atoms with Crippen LogP contribution in [-0.2, 0) is 6.54 Å². The van der Waals surface area contributed by atoms with Gasteiger partial charge < -0.3 is 0 Å². The van der Waals surface area contributed by atoms with Gasteiger partial charge in [-0.05, 0) is 18.1 Å². The van der Waals surface area contributed by atoms with Crippen LogP contribution in [0.5, 0.6) is 0 Å². The summed E-state index contributed by atoms with van der Waals surface area (Å²) in [5, 5.41) is 15.4. The van der Waals surface area contributed by atoms with E-state index < -0.39 is 0 Å². The molecule has 2 heterocycles. The summed E-state index contributed by atoms with van der Waals surface area (Å²) in [5.41, 5.74) is 4.83. The van der Waals surface area contributed by atoms with E-state index in [1.165, 1.54) is 5.56 Å². The van der Waals surface area contributed by atoms with Crippen molar-refractivity contribution in [3.63, 3.8) is 0 Å². The molecular weight excluding hydrogens is 326 g/mol. The van der Waals surface area contributed by atoms with Gasteiger partial charge in [-0.1, -0.05) is 72.3 Å². The highest BCUT2D eigenvalue weighted by atomic mass is 16.1. The lowest BCUT2D eigenvalue weighted by Gasteiger charge is -2.11. The largest absolute Gasteiger partial charge is 0.292 e. The number of H-pyrrole nitrogens is 1. The van der Waals surface area contributed by atoms with Crippen molar-refractivity contribution in [3.05, 3.63) is 87.3 Å². The van der Waals surface area contributed by atoms with E-state index in [1.54, 1.807) is 4.68 Å². The fourth-order valence-corrected chi connectivity index (χ4v) is 3.11. The van der Waals surface area contributed by atoms with Gasteiger partial charge in [-0.3, -0.25) is 4.79 Å². The van der Waals surface area contributed by atoms with Crippen LogP contribution < -0.4 is 5.56 Å². The van der Waals surface area contributed by atoms with Crippen LogP contribution in [0.2, 0.25) is 0 Å². The predicted octanol–water partition coefficient (Wildman–Crippen LogP) is 3.02. The average Bonchev–Trinajstić information content (AvgIpc) is 3.09. The summed E-state index contributed by atoms with van der Waals surface area (Å²) in [6.45, 7) is 4.58. The van der Waals surface area contributed by atoms with E-state index in [9.17, 15) is 4.79 Å². The fraction of sp³-hybridized carbons (Fsp3) is 0.200. The molecule has 0 aliphatic carbocycles. The molecule has 0 amide bonds. The zero-order valence-corrected chi connectivity index (χ0v) is 14.7. The number of aryl methyl sites for hydroxylation is 1. The quantitative estimate of drug-likeness (QED) is 0.617. The van der Waals surface area contributed by atoms with Crippen LogP contribution >= 0.6 is 0 Å². The first-order valence-electron chi connectivity index (χ1n) is 8.56. The Hall–Kier alpha value is -3.28. The standard InChI is InChI=1S/C20H19N5O/c1-13-8-10-15(11-9-13)12-25-19-18(22-24-25)17(21-23-20(19)26)14(2)16-6-4-3-5-7-16/h3-11,14H,12H2,1-2H3,(H,23,26). The van der Waals surface area contributed by atoms with Gasteiger partial charge in [0.1, 0.15) is 5.52 Å². The molecule has 130 valence electrons. The number of benzene rings is 2. The van der Waals surface area contributed by atoms with Gasteiger partial charge in [-0.2, -0.15) is 5.10 Å². The van der Waals surface area contributed by atoms with Gasteiger partial charge in [0.05, 0.1) is 12.2 Å². The van der Waals surface area contributed by atoms with Gasteiger partial charge in [0, 0.05) is 5.92 Å². The molecule has 26 heavy (non-hydrogen) atoms. The van der Waals surface area contributed by atoms with E-state index in [4.69, 9.17) is 0 Å². The SMILES string of the molecule is Cc1ccc(Cn2nnc3c(C(C)c4ccccc4)n[nH]c(=O)c32)cc1. The molecule has 0 spiro atoms. The Labute approximate surface area is 150 Å². The summed E-state index contributed by atoms with van der Waals surface area (Å²) in [6.07, 6.45) is 0. The summed E-state index contributed by atoms with van der Waals surface area (Å²) >= 11 is 0. The lowest BCUT2D eigenvalue weighted by atomic mass is 9.97. The number of aromatic nitrogens is 5. The Morgan fingerprint density at radius 3 is 2.54 bits per heavy atom. The number of hydrogen-bond donors (Lipinski definition) is 1. The number of fused-ring (bicyclic) bond motifs is 1. The highest BCUT2D eigenvalue weighted by Gasteiger charge is 2.20. The fourth-order valence-electron chi connectivity index (χ4n) is 3.11. The van der Waals surface area contributed by atoms with Crippen molar-refractivity contribution in [3.8, 4) is 0 Å². The van der Waals surface area contributed by atoms with E-state index in [2.05, 4.69) is 27.4 Å². The maximum atomic E-state index is 12.4. The number of nitrogens with zero attached hydrogens (tertiary/aromatic N) is 4. The minimum Gasteiger partial charge on any atom is -0.265 e. The Bertz CT molecular complexity index is 1100. The lowest BCUT2D eigenvalue weighted by molar-refractivity contribution is 0.667. The molecule has 0 saturated heterocycles. The first-order valence-corrected chi connectivity index (χ1v) is 8.56. The zero-order chi connectivity index (χ0) is 18.1. The Morgan fingerprint density at radius 1 is 1.08 bits per heavy atom. The Morgan fingerprint density at radius 2 is 1.81 bits per heavy atom. The van der Waals surface area contributed by atoms with E-state index in [-0.39, 0.29) is 11.5 Å². The third-order valence-electron chi connectivity index (χ3n) is 4.63. The van der Waals surface area contributed by atoms with Crippen LogP contribution in [0.4, 0.5) is 0 Å². The maximum absolute atomic E-state index is 12.4. The molecule has 0 aliphatic heterocycles. The summed E-state index contributed by atoms with van der Waals surface area (Å²) in [6, 6.07) is 18.2. The van der Waals surface area contributed by atoms with Crippen molar-refractivity contribution < 1.29 is 0 Å². The van der Waals surface area contributed by atoms with Crippen LogP contribution in [0.1, 0.15) is 35.2 Å². The minimum absolute atomic E-state index is 0.0000693. The molecule has 0 fully saturated rings. The van der Waals surface area contributed by atoms with Crippen LogP contribution in [0.3, 0.4) is 0 Å². The number of aromatic amines is 1. The van der Waals surface area contributed by atoms with Crippen LogP contribution in [0.15, 0.2) is 59.4 Å². The molecule has 1 N–H and O–H groups in total. The molecular formula is C20H19N5O. The third-order valence-corrected chi connectivity index (χ3v) is 4.63. The zero-order valence-electron chi connectivity index (χ0n) is 14.7. The molecule has 0 aliphatic rings. The predicted molar refractivity (Wildman–Crippen MR) is 100 cm³/mol. The van der Waals surface area contributed by atoms with Crippen LogP contribution in [-0.4, -0.2) is 25.2 Å². The van der Waals surface area contributed by atoms with Gasteiger partial charge in [-0.25, -0.2) is 9.78 Å². The second-order valence-corrected chi connectivity index (χ2v) is 6.50. The first-order chi connectivity index (χ1) is 12.6. The smallest absolute Gasteiger partial charge is 0.265 e. The van der Waals surface area contributed by atoms with Gasteiger partial charge >= 0.3 is 0 Å². The number of nitrogens with one attached hydrogen (secondary N) is 1. The van der Waals surface area contributed by atoms with Crippen LogP contribution in [0, 0.1) is 6.92 Å². The van der Waals surface area contributed by atoms with Crippen molar-refractivity contribution in [1.29, 1.82) is 0 Å². The molecule has 6 heteroatoms. The van der Waals surface area contributed by atoms with Gasteiger partial charge in [0.2, 0.25) is 0 Å². The van der Waals surface area contributed by atoms with Crippen molar-refractivity contribution in [1.82, 2.24) is 25.2 Å². The molecule has 1 unspecified atom stereocenters. The molecule has 4 rings (SSSR count). The number of rotatable bonds is 4. The molecule has 0 radical (unpaired) electrons. The van der Waals surface area contributed by atoms with E-state index >= 15 is 0 Å². The Balaban J connectivity index is 1.78.